The minimum atomic E-state index is -1.04. The SMILES string of the molecule is O=C(O)c1cc(-c2ccc3c(c2)CC[C@H](CNC[C@@H](O)c2cccnc2)O3)ccn1. The molecular formula is C23H23N3O4. The van der Waals surface area contributed by atoms with E-state index >= 15 is 0 Å². The fourth-order valence-corrected chi connectivity index (χ4v) is 3.57. The molecule has 4 rings (SSSR count). The Morgan fingerprint density at radius 2 is 2.07 bits per heavy atom. The smallest absolute Gasteiger partial charge is 0.354 e. The molecule has 0 aliphatic carbocycles. The van der Waals surface area contributed by atoms with Crippen molar-refractivity contribution in [2.45, 2.75) is 25.0 Å². The number of pyridine rings is 2. The van der Waals surface area contributed by atoms with E-state index in [0.717, 1.165) is 40.8 Å². The Hall–Kier alpha value is -3.29. The highest BCUT2D eigenvalue weighted by Crippen LogP contribution is 2.32. The minimum absolute atomic E-state index is 0.0288. The van der Waals surface area contributed by atoms with Gasteiger partial charge in [0.2, 0.25) is 0 Å². The Morgan fingerprint density at radius 3 is 2.87 bits per heavy atom. The molecule has 3 heterocycles. The van der Waals surface area contributed by atoms with Gasteiger partial charge in [-0.1, -0.05) is 12.1 Å². The molecule has 2 aromatic heterocycles. The van der Waals surface area contributed by atoms with Crippen LogP contribution in [0.2, 0.25) is 0 Å². The van der Waals surface area contributed by atoms with Crippen LogP contribution in [0.1, 0.15) is 34.1 Å². The number of hydrogen-bond acceptors (Lipinski definition) is 6. The third kappa shape index (κ3) is 4.64. The van der Waals surface area contributed by atoms with Crippen molar-refractivity contribution in [3.8, 4) is 16.9 Å². The molecule has 1 aliphatic heterocycles. The molecule has 0 saturated heterocycles. The summed E-state index contributed by atoms with van der Waals surface area (Å²) in [6.07, 6.45) is 6.02. The van der Waals surface area contributed by atoms with Crippen LogP contribution in [0, 0.1) is 0 Å². The molecule has 1 aromatic carbocycles. The molecule has 1 aliphatic rings. The Kier molecular flexibility index (Phi) is 6.02. The number of benzene rings is 1. The third-order valence-corrected chi connectivity index (χ3v) is 5.18. The quantitative estimate of drug-likeness (QED) is 0.555. The van der Waals surface area contributed by atoms with Crippen LogP contribution in [0.25, 0.3) is 11.1 Å². The lowest BCUT2D eigenvalue weighted by atomic mass is 9.97. The zero-order valence-corrected chi connectivity index (χ0v) is 16.4. The van der Waals surface area contributed by atoms with Crippen LogP contribution in [0.5, 0.6) is 5.75 Å². The number of aryl methyl sites for hydroxylation is 1. The van der Waals surface area contributed by atoms with E-state index in [0.29, 0.717) is 13.1 Å². The molecule has 0 fully saturated rings. The van der Waals surface area contributed by atoms with Gasteiger partial charge in [-0.05, 0) is 59.9 Å². The second-order valence-electron chi connectivity index (χ2n) is 7.30. The maximum atomic E-state index is 11.2. The normalized spacial score (nSPS) is 16.4. The molecule has 3 N–H and O–H groups in total. The summed E-state index contributed by atoms with van der Waals surface area (Å²) in [4.78, 5) is 19.1. The fraction of sp³-hybridized carbons (Fsp3) is 0.261. The van der Waals surface area contributed by atoms with E-state index in [1.165, 1.54) is 6.20 Å². The summed E-state index contributed by atoms with van der Waals surface area (Å²) in [7, 11) is 0. The van der Waals surface area contributed by atoms with Crippen LogP contribution < -0.4 is 10.1 Å². The number of nitrogens with zero attached hydrogens (tertiary/aromatic N) is 2. The topological polar surface area (TPSA) is 105 Å². The van der Waals surface area contributed by atoms with Crippen LogP contribution in [-0.2, 0) is 6.42 Å². The molecule has 7 nitrogen and oxygen atoms in total. The maximum Gasteiger partial charge on any atom is 0.354 e. The van der Waals surface area contributed by atoms with Gasteiger partial charge in [0.25, 0.3) is 0 Å². The largest absolute Gasteiger partial charge is 0.489 e. The van der Waals surface area contributed by atoms with Gasteiger partial charge >= 0.3 is 5.97 Å². The number of aliphatic hydroxyl groups excluding tert-OH is 1. The van der Waals surface area contributed by atoms with E-state index in [9.17, 15) is 9.90 Å². The third-order valence-electron chi connectivity index (χ3n) is 5.18. The van der Waals surface area contributed by atoms with Crippen LogP contribution in [0.15, 0.2) is 61.1 Å². The minimum Gasteiger partial charge on any atom is -0.489 e. The molecule has 0 unspecified atom stereocenters. The summed E-state index contributed by atoms with van der Waals surface area (Å²) in [5, 5.41) is 22.6. The number of nitrogens with one attached hydrogen (secondary N) is 1. The molecule has 2 atom stereocenters. The predicted molar refractivity (Wildman–Crippen MR) is 111 cm³/mol. The Morgan fingerprint density at radius 1 is 1.20 bits per heavy atom. The van der Waals surface area contributed by atoms with Crippen molar-refractivity contribution in [3.63, 3.8) is 0 Å². The van der Waals surface area contributed by atoms with E-state index in [1.54, 1.807) is 24.5 Å². The van der Waals surface area contributed by atoms with Crippen LogP contribution in [-0.4, -0.2) is 45.3 Å². The number of aromatic nitrogens is 2. The molecule has 0 amide bonds. The van der Waals surface area contributed by atoms with Gasteiger partial charge in [0.1, 0.15) is 17.5 Å². The number of carboxylic acid groups (broad SMARTS) is 1. The van der Waals surface area contributed by atoms with Gasteiger partial charge in [0.15, 0.2) is 0 Å². The van der Waals surface area contributed by atoms with Crippen molar-refractivity contribution >= 4 is 5.97 Å². The number of fused-ring (bicyclic) bond motifs is 1. The first-order valence-electron chi connectivity index (χ1n) is 9.88. The number of aliphatic hydroxyl groups is 1. The molecule has 0 bridgehead atoms. The second-order valence-corrected chi connectivity index (χ2v) is 7.30. The van der Waals surface area contributed by atoms with Gasteiger partial charge in [0, 0.05) is 37.2 Å². The molecule has 154 valence electrons. The maximum absolute atomic E-state index is 11.2. The number of aromatic carboxylic acids is 1. The van der Waals surface area contributed by atoms with Crippen LogP contribution in [0.4, 0.5) is 0 Å². The average molecular weight is 405 g/mol. The van der Waals surface area contributed by atoms with Crippen molar-refractivity contribution in [2.75, 3.05) is 13.1 Å². The molecule has 7 heteroatoms. The fourth-order valence-electron chi connectivity index (χ4n) is 3.57. The second kappa shape index (κ2) is 9.02. The Balaban J connectivity index is 1.36. The molecule has 30 heavy (non-hydrogen) atoms. The van der Waals surface area contributed by atoms with Gasteiger partial charge in [-0.25, -0.2) is 9.78 Å². The first-order valence-corrected chi connectivity index (χ1v) is 9.88. The number of ether oxygens (including phenoxy) is 1. The lowest BCUT2D eigenvalue weighted by molar-refractivity contribution is 0.0690. The van der Waals surface area contributed by atoms with Crippen molar-refractivity contribution in [3.05, 3.63) is 77.9 Å². The van der Waals surface area contributed by atoms with E-state index in [-0.39, 0.29) is 11.8 Å². The van der Waals surface area contributed by atoms with E-state index in [1.807, 2.05) is 30.3 Å². The van der Waals surface area contributed by atoms with Gasteiger partial charge in [-0.2, -0.15) is 0 Å². The zero-order valence-electron chi connectivity index (χ0n) is 16.4. The highest BCUT2D eigenvalue weighted by Gasteiger charge is 2.20. The summed E-state index contributed by atoms with van der Waals surface area (Å²) < 4.78 is 6.11. The molecular weight excluding hydrogens is 382 g/mol. The molecule has 0 saturated carbocycles. The molecule has 0 radical (unpaired) electrons. The highest BCUT2D eigenvalue weighted by molar-refractivity contribution is 5.87. The predicted octanol–water partition coefficient (Wildman–Crippen LogP) is 2.86. The molecule has 3 aromatic rings. The van der Waals surface area contributed by atoms with Crippen molar-refractivity contribution in [2.24, 2.45) is 0 Å². The number of hydrogen-bond donors (Lipinski definition) is 3. The van der Waals surface area contributed by atoms with Crippen LogP contribution in [0.3, 0.4) is 0 Å². The number of carboxylic acids is 1. The zero-order chi connectivity index (χ0) is 20.9. The summed E-state index contributed by atoms with van der Waals surface area (Å²) in [6.45, 7) is 1.08. The van der Waals surface area contributed by atoms with E-state index in [2.05, 4.69) is 15.3 Å². The first kappa shape index (κ1) is 20.0. The summed E-state index contributed by atoms with van der Waals surface area (Å²) in [5.41, 5.74) is 3.68. The monoisotopic (exact) mass is 405 g/mol. The van der Waals surface area contributed by atoms with Gasteiger partial charge in [-0.15, -0.1) is 0 Å². The van der Waals surface area contributed by atoms with Gasteiger partial charge < -0.3 is 20.3 Å². The summed E-state index contributed by atoms with van der Waals surface area (Å²) in [6, 6.07) is 13.0. The van der Waals surface area contributed by atoms with Crippen molar-refractivity contribution in [1.29, 1.82) is 0 Å². The number of rotatable bonds is 7. The van der Waals surface area contributed by atoms with Gasteiger partial charge in [0.05, 0.1) is 6.10 Å². The number of carbonyl (C=O) groups is 1. The lowest BCUT2D eigenvalue weighted by Crippen LogP contribution is -2.36. The Labute approximate surface area is 174 Å². The lowest BCUT2D eigenvalue weighted by Gasteiger charge is -2.27. The van der Waals surface area contributed by atoms with Crippen molar-refractivity contribution < 1.29 is 19.7 Å². The van der Waals surface area contributed by atoms with E-state index in [4.69, 9.17) is 9.84 Å². The van der Waals surface area contributed by atoms with Crippen molar-refractivity contribution in [1.82, 2.24) is 15.3 Å². The van der Waals surface area contributed by atoms with E-state index < -0.39 is 12.1 Å². The standard InChI is InChI=1S/C23H23N3O4/c27-21(18-2-1-8-24-12-18)14-25-13-19-5-3-17-10-15(4-6-22(17)30-19)16-7-9-26-20(11-16)23(28)29/h1-2,4,6-12,19,21,25,27H,3,5,13-14H2,(H,28,29)/t19-,21-/m1/s1. The average Bonchev–Trinajstić information content (AvgIpc) is 2.79. The van der Waals surface area contributed by atoms with Crippen LogP contribution >= 0.6 is 0 Å². The van der Waals surface area contributed by atoms with Gasteiger partial charge in [-0.3, -0.25) is 4.98 Å². The Bertz CT molecular complexity index is 1030. The molecule has 0 spiro atoms. The highest BCUT2D eigenvalue weighted by atomic mass is 16.5. The first-order chi connectivity index (χ1) is 14.6. The summed E-state index contributed by atoms with van der Waals surface area (Å²) in [5.74, 6) is -0.195. The summed E-state index contributed by atoms with van der Waals surface area (Å²) >= 11 is 0.